The highest BCUT2D eigenvalue weighted by molar-refractivity contribution is 7.95. The summed E-state index contributed by atoms with van der Waals surface area (Å²) in [5.74, 6) is -0.392. The molecule has 0 spiro atoms. The van der Waals surface area contributed by atoms with Crippen LogP contribution in [0.4, 0.5) is 0 Å². The number of aliphatic hydroxyl groups is 1. The van der Waals surface area contributed by atoms with Crippen LogP contribution in [0, 0.1) is 11.8 Å². The minimum Gasteiger partial charge on any atom is -0.390 e. The van der Waals surface area contributed by atoms with E-state index in [1.165, 1.54) is 7.05 Å². The van der Waals surface area contributed by atoms with Crippen LogP contribution in [-0.2, 0) is 19.5 Å². The summed E-state index contributed by atoms with van der Waals surface area (Å²) < 4.78 is 37.1. The lowest BCUT2D eigenvalue weighted by atomic mass is 9.65. The molecule has 140 valence electrons. The zero-order valence-corrected chi connectivity index (χ0v) is 15.0. The average Bonchev–Trinajstić information content (AvgIpc) is 2.53. The maximum Gasteiger partial charge on any atom is 0.267 e. The number of rotatable bonds is 6. The Labute approximate surface area is 144 Å². The summed E-state index contributed by atoms with van der Waals surface area (Å²) in [5, 5.41) is 32.4. The van der Waals surface area contributed by atoms with Crippen molar-refractivity contribution in [3.05, 3.63) is 0 Å². The predicted octanol–water partition coefficient (Wildman–Crippen LogP) is 0.510. The van der Waals surface area contributed by atoms with Crippen LogP contribution >= 0.6 is 12.0 Å². The van der Waals surface area contributed by atoms with Gasteiger partial charge in [-0.3, -0.25) is 4.55 Å². The van der Waals surface area contributed by atoms with Crippen LogP contribution < -0.4 is 5.32 Å². The molecule has 2 fully saturated rings. The standard InChI is InChI=1S/C12H23N3O7S2/c1-13-8-5-7(24(18,19)20)3-6-4-9(23-22-21-17)11(15-14-2)12(16)10(6)8/h6-13,16-17H,3-5H2,1-2H3,(H,18,19,20). The lowest BCUT2D eigenvalue weighted by molar-refractivity contribution is -0.432. The summed E-state index contributed by atoms with van der Waals surface area (Å²) >= 11 is 0.804. The van der Waals surface area contributed by atoms with E-state index >= 15 is 0 Å². The van der Waals surface area contributed by atoms with Crippen molar-refractivity contribution in [2.75, 3.05) is 14.1 Å². The lowest BCUT2D eigenvalue weighted by Gasteiger charge is -2.49. The number of fused-ring (bicyclic) bond motifs is 1. The van der Waals surface area contributed by atoms with Gasteiger partial charge in [0.05, 0.1) is 16.6 Å². The number of hydrogen-bond acceptors (Lipinski definition) is 10. The molecule has 0 saturated heterocycles. The van der Waals surface area contributed by atoms with Gasteiger partial charge in [0.25, 0.3) is 10.1 Å². The number of aliphatic hydroxyl groups excluding tert-OH is 1. The fourth-order valence-corrected chi connectivity index (χ4v) is 5.74. The van der Waals surface area contributed by atoms with Gasteiger partial charge in [-0.05, 0) is 32.2 Å². The molecule has 4 N–H and O–H groups in total. The van der Waals surface area contributed by atoms with Crippen molar-refractivity contribution in [1.82, 2.24) is 5.32 Å². The molecule has 0 aromatic heterocycles. The van der Waals surface area contributed by atoms with Crippen LogP contribution in [0.5, 0.6) is 0 Å². The van der Waals surface area contributed by atoms with E-state index in [1.54, 1.807) is 7.05 Å². The summed E-state index contributed by atoms with van der Waals surface area (Å²) in [5.41, 5.74) is 0. The molecule has 0 aromatic carbocycles. The first-order chi connectivity index (χ1) is 11.3. The van der Waals surface area contributed by atoms with Crippen molar-refractivity contribution in [2.45, 2.75) is 47.9 Å². The van der Waals surface area contributed by atoms with E-state index in [0.717, 1.165) is 12.0 Å². The summed E-state index contributed by atoms with van der Waals surface area (Å²) in [7, 11) is -0.972. The molecule has 7 unspecified atom stereocenters. The summed E-state index contributed by atoms with van der Waals surface area (Å²) in [6.07, 6.45) is 0.0690. The molecule has 2 rings (SSSR count). The van der Waals surface area contributed by atoms with E-state index in [9.17, 15) is 18.1 Å². The minimum atomic E-state index is -4.16. The van der Waals surface area contributed by atoms with Gasteiger partial charge in [-0.25, -0.2) is 5.26 Å². The Morgan fingerprint density at radius 3 is 2.54 bits per heavy atom. The van der Waals surface area contributed by atoms with E-state index in [-0.39, 0.29) is 36.0 Å². The van der Waals surface area contributed by atoms with Crippen molar-refractivity contribution in [3.8, 4) is 0 Å². The molecular formula is C12H23N3O7S2. The van der Waals surface area contributed by atoms with Gasteiger partial charge in [0.2, 0.25) is 0 Å². The fraction of sp³-hybridized carbons (Fsp3) is 1.00. The number of hydrogen-bond donors (Lipinski definition) is 4. The zero-order valence-electron chi connectivity index (χ0n) is 13.3. The quantitative estimate of drug-likeness (QED) is 0.168. The molecule has 0 bridgehead atoms. The third-order valence-corrected chi connectivity index (χ3v) is 7.07. The predicted molar refractivity (Wildman–Crippen MR) is 85.8 cm³/mol. The van der Waals surface area contributed by atoms with E-state index < -0.39 is 27.5 Å². The summed E-state index contributed by atoms with van der Waals surface area (Å²) in [6.45, 7) is 0. The molecule has 0 heterocycles. The Balaban J connectivity index is 2.27. The van der Waals surface area contributed by atoms with Crippen LogP contribution in [0.25, 0.3) is 0 Å². The van der Waals surface area contributed by atoms with Crippen LogP contribution in [0.15, 0.2) is 10.2 Å². The maximum absolute atomic E-state index is 11.6. The number of nitrogens with zero attached hydrogens (tertiary/aromatic N) is 2. The van der Waals surface area contributed by atoms with Gasteiger partial charge in [0, 0.05) is 31.1 Å². The first-order valence-corrected chi connectivity index (χ1v) is 9.88. The second-order valence-corrected chi connectivity index (χ2v) is 8.78. The van der Waals surface area contributed by atoms with Gasteiger partial charge < -0.3 is 10.4 Å². The van der Waals surface area contributed by atoms with Crippen LogP contribution in [0.3, 0.4) is 0 Å². The largest absolute Gasteiger partial charge is 0.390 e. The van der Waals surface area contributed by atoms with E-state index in [1.807, 2.05) is 0 Å². The highest BCUT2D eigenvalue weighted by Crippen LogP contribution is 2.46. The molecule has 0 aliphatic heterocycles. The van der Waals surface area contributed by atoms with E-state index in [0.29, 0.717) is 6.42 Å². The van der Waals surface area contributed by atoms with E-state index in [4.69, 9.17) is 5.26 Å². The van der Waals surface area contributed by atoms with Crippen molar-refractivity contribution in [1.29, 1.82) is 0 Å². The molecule has 0 amide bonds. The second-order valence-electron chi connectivity index (χ2n) is 6.15. The Hall–Kier alpha value is -0.340. The number of nitrogens with one attached hydrogen (secondary N) is 1. The molecule has 24 heavy (non-hydrogen) atoms. The molecule has 10 nitrogen and oxygen atoms in total. The van der Waals surface area contributed by atoms with Gasteiger partial charge in [0.1, 0.15) is 6.04 Å². The molecule has 0 radical (unpaired) electrons. The van der Waals surface area contributed by atoms with Gasteiger partial charge in [-0.2, -0.15) is 18.6 Å². The molecule has 0 aromatic rings. The average molecular weight is 385 g/mol. The van der Waals surface area contributed by atoms with Gasteiger partial charge in [0.15, 0.2) is 0 Å². The van der Waals surface area contributed by atoms with Gasteiger partial charge in [-0.15, -0.1) is 4.33 Å². The topological polar surface area (TPSA) is 150 Å². The molecule has 12 heteroatoms. The Bertz CT molecular complexity index is 547. The third-order valence-electron chi connectivity index (χ3n) is 4.99. The SMILES string of the molecule is CN=NC1C(SOOO)CC2CC(S(=O)(=O)O)CC(NC)C2C1O. The summed E-state index contributed by atoms with van der Waals surface area (Å²) in [6, 6.07) is -0.851. The Morgan fingerprint density at radius 1 is 1.29 bits per heavy atom. The maximum atomic E-state index is 11.6. The number of azo groups is 1. The van der Waals surface area contributed by atoms with Crippen molar-refractivity contribution in [3.63, 3.8) is 0 Å². The van der Waals surface area contributed by atoms with E-state index in [2.05, 4.69) is 24.9 Å². The zero-order chi connectivity index (χ0) is 17.9. The first-order valence-electron chi connectivity index (χ1n) is 7.57. The van der Waals surface area contributed by atoms with Crippen molar-refractivity contribution in [2.24, 2.45) is 22.1 Å². The summed E-state index contributed by atoms with van der Waals surface area (Å²) in [4.78, 5) is 0. The smallest absolute Gasteiger partial charge is 0.267 e. The molecule has 2 saturated carbocycles. The van der Waals surface area contributed by atoms with Crippen LogP contribution in [0.1, 0.15) is 19.3 Å². The Morgan fingerprint density at radius 2 is 2.00 bits per heavy atom. The molecule has 7 atom stereocenters. The van der Waals surface area contributed by atoms with Crippen LogP contribution in [0.2, 0.25) is 0 Å². The first kappa shape index (κ1) is 20.0. The van der Waals surface area contributed by atoms with Crippen LogP contribution in [-0.4, -0.2) is 66.1 Å². The van der Waals surface area contributed by atoms with Gasteiger partial charge >= 0.3 is 0 Å². The Kier molecular flexibility index (Phi) is 6.96. The molecular weight excluding hydrogens is 362 g/mol. The monoisotopic (exact) mass is 385 g/mol. The molecule has 2 aliphatic rings. The van der Waals surface area contributed by atoms with Gasteiger partial charge in [-0.1, -0.05) is 5.04 Å². The molecule has 2 aliphatic carbocycles. The normalized spacial score (nSPS) is 40.6. The second kappa shape index (κ2) is 8.36. The lowest BCUT2D eigenvalue weighted by Crippen LogP contribution is -2.59. The third kappa shape index (κ3) is 4.25. The van der Waals surface area contributed by atoms with Crippen molar-refractivity contribution < 1.29 is 32.7 Å². The van der Waals surface area contributed by atoms with Crippen molar-refractivity contribution >= 4 is 22.2 Å². The highest BCUT2D eigenvalue weighted by atomic mass is 32.2. The highest BCUT2D eigenvalue weighted by Gasteiger charge is 2.52. The minimum absolute atomic E-state index is 0.166. The fourth-order valence-electron chi connectivity index (χ4n) is 4.01.